The lowest BCUT2D eigenvalue weighted by Crippen LogP contribution is -2.76. The molecule has 0 saturated carbocycles. The zero-order valence-electron chi connectivity index (χ0n) is 22.3. The van der Waals surface area contributed by atoms with Crippen LogP contribution in [0, 0.1) is 0 Å². The van der Waals surface area contributed by atoms with Crippen molar-refractivity contribution >= 4 is 22.4 Å². The van der Waals surface area contributed by atoms with Gasteiger partial charge in [0.05, 0.1) is 0 Å². The SMILES string of the molecule is CO[Si](CCCCCC[Si](c1ccccc1)(N1CCN(C)CC1)N1CCN(C)CC1)(OC)OC. The molecule has 2 saturated heterocycles. The molecule has 2 heterocycles. The molecule has 2 aliphatic rings. The van der Waals surface area contributed by atoms with Gasteiger partial charge < -0.3 is 32.2 Å². The quantitative estimate of drug-likeness (QED) is 0.299. The number of piperazine rings is 2. The molecule has 0 N–H and O–H groups in total. The Morgan fingerprint density at radius 2 is 1.06 bits per heavy atom. The fourth-order valence-electron chi connectivity index (χ4n) is 5.71. The summed E-state index contributed by atoms with van der Waals surface area (Å²) in [6, 6.07) is 13.8. The van der Waals surface area contributed by atoms with E-state index in [0.717, 1.165) is 12.5 Å². The molecule has 34 heavy (non-hydrogen) atoms. The summed E-state index contributed by atoms with van der Waals surface area (Å²) in [7, 11) is 5.22. The summed E-state index contributed by atoms with van der Waals surface area (Å²) in [6.45, 7) is 9.45. The van der Waals surface area contributed by atoms with Crippen LogP contribution in [-0.4, -0.2) is 124 Å². The molecule has 9 heteroatoms. The molecule has 2 aliphatic heterocycles. The van der Waals surface area contributed by atoms with Gasteiger partial charge in [-0.2, -0.15) is 0 Å². The molecule has 0 aromatic heterocycles. The number of rotatable bonds is 13. The van der Waals surface area contributed by atoms with E-state index in [2.05, 4.69) is 63.4 Å². The summed E-state index contributed by atoms with van der Waals surface area (Å²) in [5, 5.41) is 1.61. The van der Waals surface area contributed by atoms with E-state index in [0.29, 0.717) is 0 Å². The Labute approximate surface area is 210 Å². The van der Waals surface area contributed by atoms with Gasteiger partial charge in [-0.3, -0.25) is 0 Å². The standard InChI is InChI=1S/C25H48N4O3Si2/c1-26-15-19-28(20-16-26)33(25-13-9-8-10-14-25,29-21-17-27(2)18-22-29)23-11-6-7-12-24-34(30-3,31-4)32-5/h8-10,13-14H,6-7,11-12,15-24H2,1-5H3. The van der Waals surface area contributed by atoms with Crippen molar-refractivity contribution < 1.29 is 13.3 Å². The Morgan fingerprint density at radius 1 is 0.618 bits per heavy atom. The maximum atomic E-state index is 5.61. The van der Waals surface area contributed by atoms with E-state index in [-0.39, 0.29) is 0 Å². The van der Waals surface area contributed by atoms with Crippen LogP contribution in [0.1, 0.15) is 25.7 Å². The first kappa shape index (κ1) is 28.0. The zero-order chi connectivity index (χ0) is 24.4. The van der Waals surface area contributed by atoms with E-state index in [1.54, 1.807) is 26.5 Å². The molecule has 0 bridgehead atoms. The Hall–Kier alpha value is -0.626. The smallest absolute Gasteiger partial charge is 0.377 e. The van der Waals surface area contributed by atoms with Crippen LogP contribution in [0.15, 0.2) is 30.3 Å². The molecule has 1 aromatic carbocycles. The lowest BCUT2D eigenvalue weighted by atomic mass is 10.2. The van der Waals surface area contributed by atoms with Gasteiger partial charge in [0.15, 0.2) is 0 Å². The minimum Gasteiger partial charge on any atom is -0.377 e. The second-order valence-electron chi connectivity index (χ2n) is 9.97. The first-order chi connectivity index (χ1) is 16.5. The van der Waals surface area contributed by atoms with Crippen LogP contribution in [0.5, 0.6) is 0 Å². The number of likely N-dealkylation sites (N-methyl/N-ethyl adjacent to an activating group) is 2. The summed E-state index contributed by atoms with van der Waals surface area (Å²) in [4.78, 5) is 4.98. The zero-order valence-corrected chi connectivity index (χ0v) is 24.3. The molecule has 0 amide bonds. The predicted molar refractivity (Wildman–Crippen MR) is 145 cm³/mol. The largest absolute Gasteiger partial charge is 0.500 e. The Balaban J connectivity index is 1.73. The highest BCUT2D eigenvalue weighted by molar-refractivity contribution is 6.87. The lowest BCUT2D eigenvalue weighted by molar-refractivity contribution is 0.122. The van der Waals surface area contributed by atoms with Crippen molar-refractivity contribution in [1.29, 1.82) is 0 Å². The van der Waals surface area contributed by atoms with Crippen LogP contribution < -0.4 is 5.19 Å². The third-order valence-corrected chi connectivity index (χ3v) is 16.1. The van der Waals surface area contributed by atoms with Gasteiger partial charge in [0.1, 0.15) is 0 Å². The van der Waals surface area contributed by atoms with Crippen LogP contribution in [0.3, 0.4) is 0 Å². The minimum absolute atomic E-state index is 0.897. The van der Waals surface area contributed by atoms with Crippen molar-refractivity contribution in [2.24, 2.45) is 0 Å². The number of hydrogen-bond acceptors (Lipinski definition) is 7. The molecule has 0 unspecified atom stereocenters. The maximum Gasteiger partial charge on any atom is 0.500 e. The number of nitrogens with zero attached hydrogens (tertiary/aromatic N) is 4. The summed E-state index contributed by atoms with van der Waals surface area (Å²) in [5.74, 6) is 0. The molecule has 1 aromatic rings. The number of unbranched alkanes of at least 4 members (excludes halogenated alkanes) is 3. The Bertz CT molecular complexity index is 664. The second-order valence-corrected chi connectivity index (χ2v) is 17.0. The van der Waals surface area contributed by atoms with Crippen molar-refractivity contribution in [1.82, 2.24) is 18.9 Å². The highest BCUT2D eigenvalue weighted by Crippen LogP contribution is 2.27. The van der Waals surface area contributed by atoms with Gasteiger partial charge in [-0.1, -0.05) is 49.6 Å². The number of hydrogen-bond donors (Lipinski definition) is 0. The van der Waals surface area contributed by atoms with Crippen LogP contribution >= 0.6 is 0 Å². The molecular formula is C25H48N4O3Si2. The average Bonchev–Trinajstić information content (AvgIpc) is 2.88. The summed E-state index contributed by atoms with van der Waals surface area (Å²) in [6.07, 6.45) is 4.84. The van der Waals surface area contributed by atoms with Crippen LogP contribution in [0.4, 0.5) is 0 Å². The van der Waals surface area contributed by atoms with E-state index in [4.69, 9.17) is 13.3 Å². The normalized spacial score (nSPS) is 20.1. The molecule has 194 valence electrons. The molecule has 0 aliphatic carbocycles. The third kappa shape index (κ3) is 6.77. The summed E-state index contributed by atoms with van der Waals surface area (Å²) in [5.41, 5.74) is 0. The van der Waals surface area contributed by atoms with Crippen molar-refractivity contribution in [3.05, 3.63) is 30.3 Å². The fourth-order valence-corrected chi connectivity index (χ4v) is 12.9. The lowest BCUT2D eigenvalue weighted by Gasteiger charge is -2.53. The Kier molecular flexibility index (Phi) is 11.2. The minimum atomic E-state index is -2.45. The fraction of sp³-hybridized carbons (Fsp3) is 0.760. The van der Waals surface area contributed by atoms with Gasteiger partial charge in [0.2, 0.25) is 8.40 Å². The monoisotopic (exact) mass is 508 g/mol. The first-order valence-electron chi connectivity index (χ1n) is 13.1. The van der Waals surface area contributed by atoms with Crippen molar-refractivity contribution in [2.45, 2.75) is 37.8 Å². The van der Waals surface area contributed by atoms with Gasteiger partial charge in [0, 0.05) is 79.7 Å². The highest BCUT2D eigenvalue weighted by Gasteiger charge is 2.48. The molecule has 0 radical (unpaired) electrons. The summed E-state index contributed by atoms with van der Waals surface area (Å²) < 4.78 is 22.7. The third-order valence-electron chi connectivity index (χ3n) is 7.98. The van der Waals surface area contributed by atoms with Crippen LogP contribution in [0.2, 0.25) is 12.1 Å². The van der Waals surface area contributed by atoms with Gasteiger partial charge in [-0.25, -0.2) is 0 Å². The van der Waals surface area contributed by atoms with Gasteiger partial charge >= 0.3 is 8.80 Å². The predicted octanol–water partition coefficient (Wildman–Crippen LogP) is 2.27. The highest BCUT2D eigenvalue weighted by atomic mass is 28.4. The maximum absolute atomic E-state index is 5.61. The van der Waals surface area contributed by atoms with Gasteiger partial charge in [-0.15, -0.1) is 0 Å². The van der Waals surface area contributed by atoms with E-state index >= 15 is 0 Å². The van der Waals surface area contributed by atoms with E-state index in [9.17, 15) is 0 Å². The molecule has 2 fully saturated rings. The Morgan fingerprint density at radius 3 is 1.50 bits per heavy atom. The van der Waals surface area contributed by atoms with Crippen LogP contribution in [-0.2, 0) is 13.3 Å². The molecule has 7 nitrogen and oxygen atoms in total. The van der Waals surface area contributed by atoms with Gasteiger partial charge in [0.25, 0.3) is 0 Å². The molecule has 0 atom stereocenters. The van der Waals surface area contributed by atoms with E-state index < -0.39 is 17.2 Å². The molecular weight excluding hydrogens is 460 g/mol. The number of benzene rings is 1. The van der Waals surface area contributed by atoms with Crippen molar-refractivity contribution in [3.63, 3.8) is 0 Å². The second kappa shape index (κ2) is 13.6. The average molecular weight is 509 g/mol. The van der Waals surface area contributed by atoms with E-state index in [1.807, 2.05) is 0 Å². The topological polar surface area (TPSA) is 40.7 Å². The molecule has 0 spiro atoms. The van der Waals surface area contributed by atoms with Crippen LogP contribution in [0.25, 0.3) is 0 Å². The summed E-state index contributed by atoms with van der Waals surface area (Å²) >= 11 is 0. The van der Waals surface area contributed by atoms with Crippen molar-refractivity contribution in [2.75, 3.05) is 87.8 Å². The first-order valence-corrected chi connectivity index (χ1v) is 17.1. The van der Waals surface area contributed by atoms with E-state index in [1.165, 1.54) is 77.7 Å². The van der Waals surface area contributed by atoms with Gasteiger partial charge in [-0.05, 0) is 31.7 Å². The van der Waals surface area contributed by atoms with Crippen molar-refractivity contribution in [3.8, 4) is 0 Å². The molecule has 3 rings (SSSR count).